The second-order valence-electron chi connectivity index (χ2n) is 8.55. The topological polar surface area (TPSA) is 80.9 Å². The molecule has 0 heterocycles. The third kappa shape index (κ3) is 2.69. The lowest BCUT2D eigenvalue weighted by Crippen LogP contribution is -2.37. The van der Waals surface area contributed by atoms with Crippen molar-refractivity contribution in [2.24, 2.45) is 0 Å². The molecule has 0 saturated heterocycles. The van der Waals surface area contributed by atoms with Crippen LogP contribution in [-0.4, -0.2) is 20.4 Å². The zero-order valence-electron chi connectivity index (χ0n) is 17.9. The van der Waals surface area contributed by atoms with Crippen molar-refractivity contribution in [3.05, 3.63) is 117 Å². The number of rotatable bonds is 2. The molecular formula is C28H24O4. The lowest BCUT2D eigenvalue weighted by atomic mass is 9.58. The molecule has 0 saturated carbocycles. The normalized spacial score (nSPS) is 13.9. The molecule has 5 rings (SSSR count). The van der Waals surface area contributed by atoms with Gasteiger partial charge in [0.15, 0.2) is 23.0 Å². The largest absolute Gasteiger partial charge is 0.504 e. The lowest BCUT2D eigenvalue weighted by molar-refractivity contribution is 0.400. The Morgan fingerprint density at radius 3 is 1.34 bits per heavy atom. The molecule has 1 aliphatic rings. The second kappa shape index (κ2) is 7.06. The number of fused-ring (bicyclic) bond motifs is 2. The van der Waals surface area contributed by atoms with Gasteiger partial charge in [0.2, 0.25) is 0 Å². The molecule has 4 aromatic carbocycles. The van der Waals surface area contributed by atoms with Gasteiger partial charge in [-0.2, -0.15) is 0 Å². The average molecular weight is 424 g/mol. The van der Waals surface area contributed by atoms with Crippen molar-refractivity contribution in [3.63, 3.8) is 0 Å². The van der Waals surface area contributed by atoms with E-state index < -0.39 is 5.41 Å². The molecule has 0 spiro atoms. The van der Waals surface area contributed by atoms with Crippen molar-refractivity contribution in [2.45, 2.75) is 25.7 Å². The number of phenolic OH excluding ortho intramolecular Hbond substituents is 4. The summed E-state index contributed by atoms with van der Waals surface area (Å²) >= 11 is 0. The van der Waals surface area contributed by atoms with E-state index in [4.69, 9.17) is 0 Å². The van der Waals surface area contributed by atoms with E-state index in [9.17, 15) is 20.4 Å². The molecule has 0 aromatic heterocycles. The number of aromatic hydroxyl groups is 4. The van der Waals surface area contributed by atoms with Crippen molar-refractivity contribution < 1.29 is 20.4 Å². The molecule has 0 amide bonds. The van der Waals surface area contributed by atoms with Gasteiger partial charge in [-0.3, -0.25) is 0 Å². The molecule has 0 bridgehead atoms. The predicted octanol–water partition coefficient (Wildman–Crippen LogP) is 5.41. The summed E-state index contributed by atoms with van der Waals surface area (Å²) in [5, 5.41) is 41.4. The minimum Gasteiger partial charge on any atom is -0.504 e. The highest BCUT2D eigenvalue weighted by atomic mass is 16.3. The molecule has 0 fully saturated rings. The Balaban J connectivity index is 2.04. The number of hydrogen-bond donors (Lipinski definition) is 4. The van der Waals surface area contributed by atoms with Gasteiger partial charge >= 0.3 is 0 Å². The summed E-state index contributed by atoms with van der Waals surface area (Å²) in [6, 6.07) is 22.8. The highest BCUT2D eigenvalue weighted by molar-refractivity contribution is 5.71. The summed E-state index contributed by atoms with van der Waals surface area (Å²) < 4.78 is 0. The van der Waals surface area contributed by atoms with Crippen LogP contribution in [0.25, 0.3) is 0 Å². The van der Waals surface area contributed by atoms with Gasteiger partial charge in [0.05, 0.1) is 5.41 Å². The van der Waals surface area contributed by atoms with E-state index in [1.807, 2.05) is 38.1 Å². The predicted molar refractivity (Wildman–Crippen MR) is 124 cm³/mol. The maximum Gasteiger partial charge on any atom is 0.157 e. The number of aryl methyl sites for hydroxylation is 2. The van der Waals surface area contributed by atoms with Crippen molar-refractivity contribution in [2.75, 3.05) is 0 Å². The van der Waals surface area contributed by atoms with Gasteiger partial charge in [-0.05, 0) is 89.0 Å². The third-order valence-corrected chi connectivity index (χ3v) is 6.67. The summed E-state index contributed by atoms with van der Waals surface area (Å²) in [5.41, 5.74) is 6.73. The van der Waals surface area contributed by atoms with E-state index >= 15 is 0 Å². The summed E-state index contributed by atoms with van der Waals surface area (Å²) in [4.78, 5) is 0. The molecule has 0 atom stereocenters. The molecule has 4 heteroatoms. The SMILES string of the molecule is Cc1cc(O)c(O)cc1C1(c2cc(O)c(O)cc2C)c2ccccc2Cc2ccccc21. The van der Waals surface area contributed by atoms with Gasteiger partial charge < -0.3 is 20.4 Å². The summed E-state index contributed by atoms with van der Waals surface area (Å²) in [6.45, 7) is 3.82. The number of hydrogen-bond acceptors (Lipinski definition) is 4. The van der Waals surface area contributed by atoms with Gasteiger partial charge in [0.25, 0.3) is 0 Å². The molecular weight excluding hydrogens is 400 g/mol. The Morgan fingerprint density at radius 2 is 0.906 bits per heavy atom. The van der Waals surface area contributed by atoms with Gasteiger partial charge in [-0.25, -0.2) is 0 Å². The Kier molecular flexibility index (Phi) is 4.41. The highest BCUT2D eigenvalue weighted by Gasteiger charge is 2.46. The molecule has 4 aromatic rings. The molecule has 32 heavy (non-hydrogen) atoms. The Labute approximate surface area is 186 Å². The minimum absolute atomic E-state index is 0.177. The van der Waals surface area contributed by atoms with E-state index in [-0.39, 0.29) is 23.0 Å². The first-order valence-corrected chi connectivity index (χ1v) is 10.6. The van der Waals surface area contributed by atoms with Crippen LogP contribution in [0.1, 0.15) is 44.5 Å². The summed E-state index contributed by atoms with van der Waals surface area (Å²) in [5.74, 6) is -0.759. The molecule has 4 N–H and O–H groups in total. The minimum atomic E-state index is -0.865. The van der Waals surface area contributed by atoms with Crippen molar-refractivity contribution >= 4 is 0 Å². The first kappa shape index (κ1) is 20.0. The van der Waals surface area contributed by atoms with E-state index in [0.29, 0.717) is 0 Å². The van der Waals surface area contributed by atoms with Crippen molar-refractivity contribution in [1.82, 2.24) is 0 Å². The van der Waals surface area contributed by atoms with E-state index in [2.05, 4.69) is 24.3 Å². The van der Waals surface area contributed by atoms with Crippen LogP contribution in [0.4, 0.5) is 0 Å². The van der Waals surface area contributed by atoms with Crippen LogP contribution in [0.3, 0.4) is 0 Å². The van der Waals surface area contributed by atoms with E-state index in [0.717, 1.165) is 50.9 Å². The van der Waals surface area contributed by atoms with Crippen molar-refractivity contribution in [1.29, 1.82) is 0 Å². The molecule has 160 valence electrons. The van der Waals surface area contributed by atoms with E-state index in [1.54, 1.807) is 24.3 Å². The smallest absolute Gasteiger partial charge is 0.157 e. The summed E-state index contributed by atoms with van der Waals surface area (Å²) in [7, 11) is 0. The first-order chi connectivity index (χ1) is 15.3. The second-order valence-corrected chi connectivity index (χ2v) is 8.55. The van der Waals surface area contributed by atoms with Crippen LogP contribution in [0.2, 0.25) is 0 Å². The average Bonchev–Trinajstić information content (AvgIpc) is 2.77. The van der Waals surface area contributed by atoms with Crippen molar-refractivity contribution in [3.8, 4) is 23.0 Å². The molecule has 0 unspecified atom stereocenters. The fourth-order valence-corrected chi connectivity index (χ4v) is 5.33. The summed E-state index contributed by atoms with van der Waals surface area (Å²) in [6.07, 6.45) is 0.764. The first-order valence-electron chi connectivity index (χ1n) is 10.6. The maximum atomic E-state index is 10.5. The van der Waals surface area contributed by atoms with Crippen LogP contribution in [0.5, 0.6) is 23.0 Å². The van der Waals surface area contributed by atoms with E-state index in [1.165, 1.54) is 0 Å². The number of phenols is 4. The Bertz CT molecular complexity index is 1270. The Hall–Kier alpha value is -3.92. The van der Waals surface area contributed by atoms with Crippen LogP contribution < -0.4 is 0 Å². The van der Waals surface area contributed by atoms with Crippen LogP contribution in [0.15, 0.2) is 72.8 Å². The van der Waals surface area contributed by atoms with Gasteiger partial charge in [-0.1, -0.05) is 48.5 Å². The van der Waals surface area contributed by atoms with Gasteiger partial charge in [0.1, 0.15) is 0 Å². The van der Waals surface area contributed by atoms with Gasteiger partial charge in [-0.15, -0.1) is 0 Å². The zero-order valence-corrected chi connectivity index (χ0v) is 17.9. The Morgan fingerprint density at radius 1 is 0.531 bits per heavy atom. The number of benzene rings is 4. The van der Waals surface area contributed by atoms with Crippen LogP contribution in [0, 0.1) is 13.8 Å². The zero-order chi connectivity index (χ0) is 22.6. The standard InChI is InChI=1S/C28H24O4/c1-16-11-24(29)26(31)14-22(16)28(23-15-27(32)25(30)12-17(23)2)20-9-5-3-7-18(20)13-19-8-4-6-10-21(19)28/h3-12,14-15,29-32H,13H2,1-2H3. The van der Waals surface area contributed by atoms with Crippen LogP contribution >= 0.6 is 0 Å². The van der Waals surface area contributed by atoms with Gasteiger partial charge in [0, 0.05) is 0 Å². The molecule has 4 nitrogen and oxygen atoms in total. The lowest BCUT2D eigenvalue weighted by Gasteiger charge is -2.44. The van der Waals surface area contributed by atoms with Crippen LogP contribution in [-0.2, 0) is 11.8 Å². The molecule has 1 aliphatic carbocycles. The molecule has 0 aliphatic heterocycles. The highest BCUT2D eigenvalue weighted by Crippen LogP contribution is 2.54. The fourth-order valence-electron chi connectivity index (χ4n) is 5.33. The fraction of sp³-hybridized carbons (Fsp3) is 0.143. The maximum absolute atomic E-state index is 10.5. The quantitative estimate of drug-likeness (QED) is 0.286. The monoisotopic (exact) mass is 424 g/mol. The molecule has 0 radical (unpaired) electrons. The third-order valence-electron chi connectivity index (χ3n) is 6.67.